The highest BCUT2D eigenvalue weighted by atomic mass is 16.2. The number of hydrogen-bond acceptors (Lipinski definition) is 4. The third kappa shape index (κ3) is 4.75. The van der Waals surface area contributed by atoms with E-state index in [-0.39, 0.29) is 12.1 Å². The minimum Gasteiger partial charge on any atom is -0.334 e. The molecule has 0 bridgehead atoms. The molecule has 0 fully saturated rings. The van der Waals surface area contributed by atoms with Gasteiger partial charge in [0.15, 0.2) is 0 Å². The van der Waals surface area contributed by atoms with Gasteiger partial charge in [-0.2, -0.15) is 5.26 Å². The molecule has 2 N–H and O–H groups in total. The van der Waals surface area contributed by atoms with Crippen molar-refractivity contribution in [2.45, 2.75) is 19.0 Å². The summed E-state index contributed by atoms with van der Waals surface area (Å²) in [4.78, 5) is 20.2. The Morgan fingerprint density at radius 2 is 1.96 bits per heavy atom. The zero-order valence-corrected chi connectivity index (χ0v) is 13.5. The predicted molar refractivity (Wildman–Crippen MR) is 97.9 cm³/mol. The highest BCUT2D eigenvalue weighted by molar-refractivity contribution is 5.89. The van der Waals surface area contributed by atoms with Crippen molar-refractivity contribution >= 4 is 24.3 Å². The smallest absolute Gasteiger partial charge is 0.319 e. The first-order valence-electron chi connectivity index (χ1n) is 7.91. The first kappa shape index (κ1) is 16.4. The summed E-state index contributed by atoms with van der Waals surface area (Å²) in [6.07, 6.45) is 4.23. The van der Waals surface area contributed by atoms with Gasteiger partial charge in [0.1, 0.15) is 6.34 Å². The standard InChI is InChI=1S/C19H17N5O/c20-10-16-2-1-3-17(9-16)24-19(25)22-11-15-6-4-14(5-7-15)8-18-12-21-13-23-18/h1-7,9,12-13,18H,8,11H2,(H2,22,24,25). The van der Waals surface area contributed by atoms with Gasteiger partial charge in [-0.15, -0.1) is 0 Å². The molecule has 25 heavy (non-hydrogen) atoms. The maximum Gasteiger partial charge on any atom is 0.319 e. The second-order valence-electron chi connectivity index (χ2n) is 5.65. The molecule has 1 unspecified atom stereocenters. The number of hydrogen-bond donors (Lipinski definition) is 2. The number of aliphatic imine (C=N–C) groups is 2. The fourth-order valence-electron chi connectivity index (χ4n) is 2.46. The molecule has 2 aromatic carbocycles. The lowest BCUT2D eigenvalue weighted by Crippen LogP contribution is -2.28. The summed E-state index contributed by atoms with van der Waals surface area (Å²) in [5.41, 5.74) is 3.28. The Hall–Kier alpha value is -3.46. The first-order valence-corrected chi connectivity index (χ1v) is 7.91. The predicted octanol–water partition coefficient (Wildman–Crippen LogP) is 2.90. The number of amides is 2. The Balaban J connectivity index is 1.49. The summed E-state index contributed by atoms with van der Waals surface area (Å²) in [7, 11) is 0. The highest BCUT2D eigenvalue weighted by Crippen LogP contribution is 2.11. The molecule has 3 rings (SSSR count). The van der Waals surface area contributed by atoms with Crippen LogP contribution in [0.15, 0.2) is 58.5 Å². The second-order valence-corrected chi connectivity index (χ2v) is 5.65. The van der Waals surface area contributed by atoms with Crippen LogP contribution in [0.1, 0.15) is 16.7 Å². The van der Waals surface area contributed by atoms with Crippen LogP contribution in [-0.4, -0.2) is 24.6 Å². The van der Waals surface area contributed by atoms with Crippen molar-refractivity contribution in [3.05, 3.63) is 65.2 Å². The van der Waals surface area contributed by atoms with Gasteiger partial charge in [-0.3, -0.25) is 4.99 Å². The van der Waals surface area contributed by atoms with E-state index in [1.54, 1.807) is 30.6 Å². The molecule has 2 aromatic rings. The van der Waals surface area contributed by atoms with Crippen LogP contribution in [0.2, 0.25) is 0 Å². The summed E-state index contributed by atoms with van der Waals surface area (Å²) in [6, 6.07) is 16.7. The molecule has 6 heteroatoms. The van der Waals surface area contributed by atoms with E-state index in [0.717, 1.165) is 12.0 Å². The largest absolute Gasteiger partial charge is 0.334 e. The number of anilines is 1. The van der Waals surface area contributed by atoms with Gasteiger partial charge in [-0.25, -0.2) is 9.79 Å². The SMILES string of the molecule is N#Cc1cccc(NC(=O)NCc2ccc(CC3C=NC=N3)cc2)c1. The number of carbonyl (C=O) groups excluding carboxylic acids is 1. The average molecular weight is 331 g/mol. The maximum absolute atomic E-state index is 11.9. The van der Waals surface area contributed by atoms with Crippen molar-refractivity contribution in [3.63, 3.8) is 0 Å². The number of rotatable bonds is 5. The normalized spacial score (nSPS) is 14.9. The van der Waals surface area contributed by atoms with Crippen LogP contribution in [0, 0.1) is 11.3 Å². The summed E-state index contributed by atoms with van der Waals surface area (Å²) >= 11 is 0. The molecule has 0 aromatic heterocycles. The third-order valence-electron chi connectivity index (χ3n) is 3.75. The Labute approximate surface area is 145 Å². The molecule has 0 spiro atoms. The van der Waals surface area contributed by atoms with Crippen molar-refractivity contribution in [1.29, 1.82) is 5.26 Å². The summed E-state index contributed by atoms with van der Waals surface area (Å²) < 4.78 is 0. The van der Waals surface area contributed by atoms with Crippen LogP contribution in [-0.2, 0) is 13.0 Å². The molecule has 124 valence electrons. The van der Waals surface area contributed by atoms with E-state index in [4.69, 9.17) is 5.26 Å². The third-order valence-corrected chi connectivity index (χ3v) is 3.75. The Bertz CT molecular complexity index is 837. The maximum atomic E-state index is 11.9. The van der Waals surface area contributed by atoms with Gasteiger partial charge in [-0.05, 0) is 35.7 Å². The molecular formula is C19H17N5O. The molecule has 1 aliphatic heterocycles. The van der Waals surface area contributed by atoms with Crippen molar-refractivity contribution in [2.75, 3.05) is 5.32 Å². The van der Waals surface area contributed by atoms with Gasteiger partial charge in [0, 0.05) is 18.4 Å². The lowest BCUT2D eigenvalue weighted by molar-refractivity contribution is 0.251. The minimum atomic E-state index is -0.310. The minimum absolute atomic E-state index is 0.124. The topological polar surface area (TPSA) is 89.6 Å². The number of nitrogens with zero attached hydrogens (tertiary/aromatic N) is 3. The van der Waals surface area contributed by atoms with E-state index >= 15 is 0 Å². The molecule has 1 atom stereocenters. The van der Waals surface area contributed by atoms with Crippen LogP contribution in [0.5, 0.6) is 0 Å². The van der Waals surface area contributed by atoms with Crippen molar-refractivity contribution in [1.82, 2.24) is 5.32 Å². The average Bonchev–Trinajstić information content (AvgIpc) is 3.14. The van der Waals surface area contributed by atoms with Crippen molar-refractivity contribution in [2.24, 2.45) is 9.98 Å². The highest BCUT2D eigenvalue weighted by Gasteiger charge is 2.07. The van der Waals surface area contributed by atoms with Crippen LogP contribution >= 0.6 is 0 Å². The molecule has 0 saturated carbocycles. The Morgan fingerprint density at radius 1 is 1.16 bits per heavy atom. The van der Waals surface area contributed by atoms with Crippen LogP contribution in [0.3, 0.4) is 0 Å². The molecular weight excluding hydrogens is 314 g/mol. The van der Waals surface area contributed by atoms with Crippen LogP contribution < -0.4 is 10.6 Å². The number of carbonyl (C=O) groups is 1. The lowest BCUT2D eigenvalue weighted by Gasteiger charge is -2.09. The molecule has 6 nitrogen and oxygen atoms in total. The van der Waals surface area contributed by atoms with Gasteiger partial charge >= 0.3 is 6.03 Å². The first-order chi connectivity index (χ1) is 12.2. The van der Waals surface area contributed by atoms with Gasteiger partial charge in [-0.1, -0.05) is 30.3 Å². The lowest BCUT2D eigenvalue weighted by atomic mass is 10.1. The quantitative estimate of drug-likeness (QED) is 0.882. The molecule has 0 radical (unpaired) electrons. The zero-order valence-electron chi connectivity index (χ0n) is 13.5. The van der Waals surface area contributed by atoms with E-state index in [1.807, 2.05) is 36.5 Å². The second kappa shape index (κ2) is 7.88. The van der Waals surface area contributed by atoms with E-state index in [1.165, 1.54) is 5.56 Å². The van der Waals surface area contributed by atoms with E-state index in [0.29, 0.717) is 17.8 Å². The van der Waals surface area contributed by atoms with Crippen molar-refractivity contribution in [3.8, 4) is 6.07 Å². The molecule has 0 aliphatic carbocycles. The number of benzene rings is 2. The molecule has 1 aliphatic rings. The monoisotopic (exact) mass is 331 g/mol. The number of urea groups is 1. The van der Waals surface area contributed by atoms with Crippen LogP contribution in [0.25, 0.3) is 0 Å². The number of nitrogens with one attached hydrogen (secondary N) is 2. The van der Waals surface area contributed by atoms with Crippen LogP contribution in [0.4, 0.5) is 10.5 Å². The summed E-state index contributed by atoms with van der Waals surface area (Å²) in [5.74, 6) is 0. The molecule has 0 saturated heterocycles. The fraction of sp³-hybridized carbons (Fsp3) is 0.158. The van der Waals surface area contributed by atoms with E-state index in [9.17, 15) is 4.79 Å². The number of nitriles is 1. The van der Waals surface area contributed by atoms with Gasteiger partial charge in [0.2, 0.25) is 0 Å². The summed E-state index contributed by atoms with van der Waals surface area (Å²) in [6.45, 7) is 0.424. The van der Waals surface area contributed by atoms with Crippen molar-refractivity contribution < 1.29 is 4.79 Å². The van der Waals surface area contributed by atoms with E-state index in [2.05, 4.69) is 20.6 Å². The fourth-order valence-corrected chi connectivity index (χ4v) is 2.46. The Kier molecular flexibility index (Phi) is 5.17. The van der Waals surface area contributed by atoms with E-state index < -0.39 is 0 Å². The zero-order chi connectivity index (χ0) is 17.5. The van der Waals surface area contributed by atoms with Gasteiger partial charge < -0.3 is 10.6 Å². The summed E-state index contributed by atoms with van der Waals surface area (Å²) in [5, 5.41) is 14.4. The van der Waals surface area contributed by atoms with Gasteiger partial charge in [0.05, 0.1) is 17.7 Å². The molecule has 1 heterocycles. The Morgan fingerprint density at radius 3 is 2.68 bits per heavy atom. The van der Waals surface area contributed by atoms with Gasteiger partial charge in [0.25, 0.3) is 0 Å². The molecule has 2 amide bonds.